The number of hydrogen-bond donors (Lipinski definition) is 2. The molecule has 19 heavy (non-hydrogen) atoms. The van der Waals surface area contributed by atoms with Crippen molar-refractivity contribution in [3.63, 3.8) is 0 Å². The summed E-state index contributed by atoms with van der Waals surface area (Å²) in [5.41, 5.74) is 2.94. The molecule has 1 saturated carbocycles. The molecule has 0 spiro atoms. The summed E-state index contributed by atoms with van der Waals surface area (Å²) in [7, 11) is 0. The molecule has 1 amide bonds. The second kappa shape index (κ2) is 6.20. The van der Waals surface area contributed by atoms with Crippen LogP contribution < -0.4 is 5.32 Å². The molecule has 0 aliphatic heterocycles. The Morgan fingerprint density at radius 3 is 2.74 bits per heavy atom. The first-order chi connectivity index (χ1) is 9.11. The van der Waals surface area contributed by atoms with Crippen molar-refractivity contribution in [1.82, 2.24) is 5.32 Å². The Hall–Kier alpha value is -1.35. The molecule has 0 bridgehead atoms. The number of amides is 1. The summed E-state index contributed by atoms with van der Waals surface area (Å²) in [6.07, 6.45) is 3.36. The van der Waals surface area contributed by atoms with Crippen molar-refractivity contribution in [2.24, 2.45) is 11.8 Å². The fraction of sp³-hybridized carbons (Fsp3) is 0.562. The number of carbonyl (C=O) groups is 1. The van der Waals surface area contributed by atoms with Crippen LogP contribution in [-0.4, -0.2) is 24.2 Å². The van der Waals surface area contributed by atoms with E-state index in [0.717, 1.165) is 30.4 Å². The van der Waals surface area contributed by atoms with Crippen molar-refractivity contribution in [3.05, 3.63) is 34.9 Å². The minimum atomic E-state index is 0.00101. The van der Waals surface area contributed by atoms with Gasteiger partial charge in [0.25, 0.3) is 5.91 Å². The largest absolute Gasteiger partial charge is 0.396 e. The topological polar surface area (TPSA) is 49.3 Å². The number of aryl methyl sites for hydroxylation is 2. The predicted octanol–water partition coefficient (Wildman–Crippen LogP) is 2.44. The van der Waals surface area contributed by atoms with Gasteiger partial charge in [0.05, 0.1) is 0 Å². The number of aliphatic hydroxyl groups excluding tert-OH is 1. The highest BCUT2D eigenvalue weighted by Crippen LogP contribution is 2.30. The number of aliphatic hydroxyl groups is 1. The molecular formula is C16H23NO2. The Morgan fingerprint density at radius 2 is 2.05 bits per heavy atom. The first kappa shape index (κ1) is 14.1. The molecule has 2 N–H and O–H groups in total. The third-order valence-electron chi connectivity index (χ3n) is 4.20. The Labute approximate surface area is 115 Å². The zero-order chi connectivity index (χ0) is 13.8. The van der Waals surface area contributed by atoms with Gasteiger partial charge in [-0.3, -0.25) is 4.79 Å². The molecule has 3 nitrogen and oxygen atoms in total. The summed E-state index contributed by atoms with van der Waals surface area (Å²) in [4.78, 5) is 12.2. The molecule has 1 aromatic carbocycles. The van der Waals surface area contributed by atoms with E-state index >= 15 is 0 Å². The quantitative estimate of drug-likeness (QED) is 0.874. The van der Waals surface area contributed by atoms with Crippen LogP contribution in [0.2, 0.25) is 0 Å². The van der Waals surface area contributed by atoms with Crippen molar-refractivity contribution in [2.75, 3.05) is 13.2 Å². The first-order valence-electron chi connectivity index (χ1n) is 7.08. The zero-order valence-corrected chi connectivity index (χ0v) is 11.8. The normalized spacial score (nSPS) is 22.5. The molecule has 2 rings (SSSR count). The van der Waals surface area contributed by atoms with Crippen molar-refractivity contribution >= 4 is 5.91 Å². The van der Waals surface area contributed by atoms with Gasteiger partial charge < -0.3 is 10.4 Å². The van der Waals surface area contributed by atoms with Crippen molar-refractivity contribution in [2.45, 2.75) is 33.1 Å². The van der Waals surface area contributed by atoms with Gasteiger partial charge in [-0.05, 0) is 50.2 Å². The van der Waals surface area contributed by atoms with E-state index in [-0.39, 0.29) is 12.5 Å². The van der Waals surface area contributed by atoms with Gasteiger partial charge in [0.2, 0.25) is 0 Å². The standard InChI is InChI=1S/C16H23NO2/c1-11-6-7-15(12(2)8-11)16(19)17-9-13-4-3-5-14(13)10-18/h6-8,13-14,18H,3-5,9-10H2,1-2H3,(H,17,19). The van der Waals surface area contributed by atoms with Gasteiger partial charge in [0.1, 0.15) is 0 Å². The van der Waals surface area contributed by atoms with E-state index in [2.05, 4.69) is 5.32 Å². The van der Waals surface area contributed by atoms with Crippen molar-refractivity contribution < 1.29 is 9.90 Å². The minimum absolute atomic E-state index is 0.00101. The highest BCUT2D eigenvalue weighted by atomic mass is 16.3. The molecule has 2 unspecified atom stereocenters. The summed E-state index contributed by atoms with van der Waals surface area (Å²) in [6, 6.07) is 5.88. The second-order valence-corrected chi connectivity index (χ2v) is 5.66. The van der Waals surface area contributed by atoms with Crippen LogP contribution >= 0.6 is 0 Å². The first-order valence-corrected chi connectivity index (χ1v) is 7.08. The van der Waals surface area contributed by atoms with Crippen LogP contribution in [0.3, 0.4) is 0 Å². The molecule has 1 aliphatic carbocycles. The maximum Gasteiger partial charge on any atom is 0.251 e. The van der Waals surface area contributed by atoms with Gasteiger partial charge >= 0.3 is 0 Å². The summed E-state index contributed by atoms with van der Waals surface area (Å²) in [5.74, 6) is 0.792. The second-order valence-electron chi connectivity index (χ2n) is 5.66. The minimum Gasteiger partial charge on any atom is -0.396 e. The van der Waals surface area contributed by atoms with Gasteiger partial charge in [0, 0.05) is 18.7 Å². The van der Waals surface area contributed by atoms with Crippen LogP contribution in [-0.2, 0) is 0 Å². The molecule has 1 fully saturated rings. The Bertz CT molecular complexity index is 456. The Balaban J connectivity index is 1.94. The van der Waals surface area contributed by atoms with Crippen LogP contribution in [0.1, 0.15) is 40.7 Å². The number of rotatable bonds is 4. The summed E-state index contributed by atoms with van der Waals surface area (Å²) < 4.78 is 0. The maximum absolute atomic E-state index is 12.2. The lowest BCUT2D eigenvalue weighted by Crippen LogP contribution is -2.32. The third-order valence-corrected chi connectivity index (χ3v) is 4.20. The van der Waals surface area contributed by atoms with Gasteiger partial charge in [-0.1, -0.05) is 24.1 Å². The molecule has 0 aromatic heterocycles. The van der Waals surface area contributed by atoms with Crippen molar-refractivity contribution in [3.8, 4) is 0 Å². The van der Waals surface area contributed by atoms with E-state index < -0.39 is 0 Å². The van der Waals surface area contributed by atoms with Gasteiger partial charge in [-0.15, -0.1) is 0 Å². The average Bonchev–Trinajstić information content (AvgIpc) is 2.83. The molecule has 1 aliphatic rings. The number of benzene rings is 1. The van der Waals surface area contributed by atoms with Crippen LogP contribution in [0.25, 0.3) is 0 Å². The fourth-order valence-electron chi connectivity index (χ4n) is 3.01. The lowest BCUT2D eigenvalue weighted by Gasteiger charge is -2.18. The Morgan fingerprint density at radius 1 is 1.32 bits per heavy atom. The summed E-state index contributed by atoms with van der Waals surface area (Å²) in [5, 5.41) is 12.3. The zero-order valence-electron chi connectivity index (χ0n) is 11.8. The van der Waals surface area contributed by atoms with Gasteiger partial charge in [-0.25, -0.2) is 0 Å². The van der Waals surface area contributed by atoms with E-state index in [1.807, 2.05) is 32.0 Å². The monoisotopic (exact) mass is 261 g/mol. The van der Waals surface area contributed by atoms with Crippen LogP contribution in [0, 0.1) is 25.7 Å². The summed E-state index contributed by atoms with van der Waals surface area (Å²) >= 11 is 0. The molecule has 0 heterocycles. The molecule has 0 radical (unpaired) electrons. The SMILES string of the molecule is Cc1ccc(C(=O)NCC2CCCC2CO)c(C)c1. The van der Waals surface area contributed by atoms with Crippen molar-refractivity contribution in [1.29, 1.82) is 0 Å². The summed E-state index contributed by atoms with van der Waals surface area (Å²) in [6.45, 7) is 4.91. The fourth-order valence-corrected chi connectivity index (χ4v) is 3.01. The maximum atomic E-state index is 12.2. The highest BCUT2D eigenvalue weighted by molar-refractivity contribution is 5.95. The van der Waals surface area contributed by atoms with E-state index in [1.54, 1.807) is 0 Å². The van der Waals surface area contributed by atoms with Gasteiger partial charge in [0.15, 0.2) is 0 Å². The smallest absolute Gasteiger partial charge is 0.251 e. The van der Waals surface area contributed by atoms with Crippen LogP contribution in [0.4, 0.5) is 0 Å². The van der Waals surface area contributed by atoms with Crippen LogP contribution in [0.5, 0.6) is 0 Å². The number of nitrogens with one attached hydrogen (secondary N) is 1. The molecule has 1 aromatic rings. The lowest BCUT2D eigenvalue weighted by atomic mass is 9.96. The third kappa shape index (κ3) is 3.35. The van der Waals surface area contributed by atoms with Gasteiger partial charge in [-0.2, -0.15) is 0 Å². The van der Waals surface area contributed by atoms with E-state index in [4.69, 9.17) is 0 Å². The predicted molar refractivity (Wildman–Crippen MR) is 76.2 cm³/mol. The molecule has 2 atom stereocenters. The molecular weight excluding hydrogens is 238 g/mol. The lowest BCUT2D eigenvalue weighted by molar-refractivity contribution is 0.0937. The highest BCUT2D eigenvalue weighted by Gasteiger charge is 2.26. The molecule has 3 heteroatoms. The van der Waals surface area contributed by atoms with Crippen LogP contribution in [0.15, 0.2) is 18.2 Å². The average molecular weight is 261 g/mol. The van der Waals surface area contributed by atoms with E-state index in [0.29, 0.717) is 18.4 Å². The van der Waals surface area contributed by atoms with E-state index in [9.17, 15) is 9.90 Å². The molecule has 0 saturated heterocycles. The number of carbonyl (C=O) groups excluding carboxylic acids is 1. The Kier molecular flexibility index (Phi) is 4.59. The number of hydrogen-bond acceptors (Lipinski definition) is 2. The van der Waals surface area contributed by atoms with E-state index in [1.165, 1.54) is 5.56 Å². The molecule has 104 valence electrons.